The van der Waals surface area contributed by atoms with Gasteiger partial charge in [0.25, 0.3) is 5.91 Å². The highest BCUT2D eigenvalue weighted by Crippen LogP contribution is 2.24. The first kappa shape index (κ1) is 22.7. The number of carbonyl (C=O) groups excluding carboxylic acids is 1. The van der Waals surface area contributed by atoms with Gasteiger partial charge in [0.15, 0.2) is 0 Å². The Morgan fingerprint density at radius 2 is 1.97 bits per heavy atom. The molecule has 3 heterocycles. The molecule has 0 spiro atoms. The predicted octanol–water partition coefficient (Wildman–Crippen LogP) is 3.22. The molecule has 0 bridgehead atoms. The van der Waals surface area contributed by atoms with Gasteiger partial charge in [-0.25, -0.2) is 19.3 Å². The maximum Gasteiger partial charge on any atom is 0.269 e. The molecule has 0 aliphatic heterocycles. The molecule has 0 radical (unpaired) electrons. The predicted molar refractivity (Wildman–Crippen MR) is 120 cm³/mol. The van der Waals surface area contributed by atoms with Gasteiger partial charge < -0.3 is 15.6 Å². The lowest BCUT2D eigenvalue weighted by Gasteiger charge is -2.25. The number of H-pyrrole nitrogens is 1. The van der Waals surface area contributed by atoms with Crippen LogP contribution in [0.5, 0.6) is 0 Å². The largest absolute Gasteiger partial charge is 0.347 e. The molecule has 3 aromatic rings. The lowest BCUT2D eigenvalue weighted by Crippen LogP contribution is -2.31. The number of pyridine rings is 1. The van der Waals surface area contributed by atoms with Gasteiger partial charge in [0.05, 0.1) is 18.1 Å². The third-order valence-electron chi connectivity index (χ3n) is 4.59. The first-order valence-electron chi connectivity index (χ1n) is 9.94. The molecule has 3 N–H and O–H groups in total. The van der Waals surface area contributed by atoms with Crippen LogP contribution >= 0.6 is 0 Å². The van der Waals surface area contributed by atoms with Crippen molar-refractivity contribution in [1.29, 1.82) is 0 Å². The number of hydrogen-bond donors (Lipinski definition) is 3. The number of amides is 1. The van der Waals surface area contributed by atoms with Crippen LogP contribution in [0.3, 0.4) is 0 Å². The van der Waals surface area contributed by atoms with Gasteiger partial charge in [0.2, 0.25) is 5.95 Å². The number of imidazole rings is 1. The summed E-state index contributed by atoms with van der Waals surface area (Å²) in [6.45, 7) is 7.67. The van der Waals surface area contributed by atoms with Crippen LogP contribution in [0, 0.1) is 5.82 Å². The molecule has 0 atom stereocenters. The summed E-state index contributed by atoms with van der Waals surface area (Å²) in [5.41, 5.74) is 2.21. The molecular formula is C22H25FN8O. The Kier molecular flexibility index (Phi) is 7.04. The van der Waals surface area contributed by atoms with Crippen molar-refractivity contribution < 1.29 is 9.18 Å². The summed E-state index contributed by atoms with van der Waals surface area (Å²) in [6, 6.07) is 2.92. The van der Waals surface area contributed by atoms with Crippen LogP contribution in [-0.2, 0) is 5.54 Å². The van der Waals surface area contributed by atoms with Gasteiger partial charge in [-0.05, 0) is 45.4 Å². The molecule has 0 saturated carbocycles. The van der Waals surface area contributed by atoms with E-state index in [0.717, 1.165) is 11.1 Å². The van der Waals surface area contributed by atoms with Crippen LogP contribution in [0.25, 0.3) is 0 Å². The van der Waals surface area contributed by atoms with Crippen molar-refractivity contribution >= 4 is 17.6 Å². The van der Waals surface area contributed by atoms with E-state index in [-0.39, 0.29) is 11.6 Å². The van der Waals surface area contributed by atoms with E-state index in [9.17, 15) is 9.18 Å². The van der Waals surface area contributed by atoms with Crippen LogP contribution in [0.4, 0.5) is 10.3 Å². The van der Waals surface area contributed by atoms with Crippen LogP contribution in [0.1, 0.15) is 49.4 Å². The second kappa shape index (κ2) is 9.90. The highest BCUT2D eigenvalue weighted by atomic mass is 19.1. The minimum atomic E-state index is -0.795. The molecule has 10 heteroatoms. The van der Waals surface area contributed by atoms with Gasteiger partial charge in [-0.15, -0.1) is 0 Å². The van der Waals surface area contributed by atoms with Crippen molar-refractivity contribution in [3.8, 4) is 0 Å². The van der Waals surface area contributed by atoms with Gasteiger partial charge in [0.1, 0.15) is 17.2 Å². The standard InChI is InChI=1S/C22H25FN8O/c1-14(9-27-20(32)18-12-24-13-30-18)8-26-15(2)16-10-28-21(29-11-16)31-22(3,4)19-17(23)6-5-7-25-19/h5-8,10-13H,9H2,1-4H3,(H,24,30)(H,27,32)(H,28,29,31)/b14-8+,26-15?. The highest BCUT2D eigenvalue weighted by Gasteiger charge is 2.26. The van der Waals surface area contributed by atoms with E-state index in [4.69, 9.17) is 0 Å². The average Bonchev–Trinajstić information content (AvgIpc) is 3.31. The number of aromatic amines is 1. The Labute approximate surface area is 185 Å². The zero-order valence-corrected chi connectivity index (χ0v) is 18.3. The van der Waals surface area contributed by atoms with E-state index in [0.29, 0.717) is 23.9 Å². The lowest BCUT2D eigenvalue weighted by molar-refractivity contribution is 0.0952. The Balaban J connectivity index is 1.61. The molecule has 1 amide bonds. The summed E-state index contributed by atoms with van der Waals surface area (Å²) in [4.78, 5) is 35.7. The second-order valence-corrected chi connectivity index (χ2v) is 7.72. The minimum Gasteiger partial charge on any atom is -0.347 e. The molecule has 9 nitrogen and oxygen atoms in total. The smallest absolute Gasteiger partial charge is 0.269 e. The maximum absolute atomic E-state index is 14.1. The summed E-state index contributed by atoms with van der Waals surface area (Å²) >= 11 is 0. The van der Waals surface area contributed by atoms with E-state index in [2.05, 4.69) is 40.5 Å². The van der Waals surface area contributed by atoms with Crippen LogP contribution < -0.4 is 10.6 Å². The van der Waals surface area contributed by atoms with Crippen molar-refractivity contribution in [2.45, 2.75) is 33.2 Å². The van der Waals surface area contributed by atoms with Crippen LogP contribution in [0.15, 0.2) is 60.0 Å². The lowest BCUT2D eigenvalue weighted by atomic mass is 9.99. The third kappa shape index (κ3) is 5.81. The van der Waals surface area contributed by atoms with Gasteiger partial charge in [0, 0.05) is 42.6 Å². The maximum atomic E-state index is 14.1. The van der Waals surface area contributed by atoms with Crippen LogP contribution in [-0.4, -0.2) is 43.1 Å². The molecular weight excluding hydrogens is 411 g/mol. The van der Waals surface area contributed by atoms with Crippen molar-refractivity contribution in [2.75, 3.05) is 11.9 Å². The highest BCUT2D eigenvalue weighted by molar-refractivity contribution is 5.98. The average molecular weight is 436 g/mol. The molecule has 0 aromatic carbocycles. The molecule has 3 rings (SSSR count). The van der Waals surface area contributed by atoms with E-state index in [1.807, 2.05) is 13.8 Å². The molecule has 0 aliphatic rings. The third-order valence-corrected chi connectivity index (χ3v) is 4.59. The first-order valence-corrected chi connectivity index (χ1v) is 9.94. The van der Waals surface area contributed by atoms with E-state index >= 15 is 0 Å². The van der Waals surface area contributed by atoms with Gasteiger partial charge in [-0.1, -0.05) is 0 Å². The fourth-order valence-corrected chi connectivity index (χ4v) is 2.79. The molecule has 0 unspecified atom stereocenters. The SMILES string of the molecule is CC(=N/C=C(\C)CNC(=O)c1cnc[nH]1)c1cnc(NC(C)(C)c2ncccc2F)nc1. The number of nitrogens with one attached hydrogen (secondary N) is 3. The topological polar surface area (TPSA) is 121 Å². The molecule has 166 valence electrons. The summed E-state index contributed by atoms with van der Waals surface area (Å²) in [6.07, 6.45) is 9.42. The zero-order valence-electron chi connectivity index (χ0n) is 18.3. The van der Waals surface area contributed by atoms with Gasteiger partial charge >= 0.3 is 0 Å². The number of rotatable bonds is 8. The molecule has 3 aromatic heterocycles. The van der Waals surface area contributed by atoms with Crippen LogP contribution in [0.2, 0.25) is 0 Å². The quantitative estimate of drug-likeness (QED) is 0.466. The Morgan fingerprint density at radius 3 is 2.62 bits per heavy atom. The monoisotopic (exact) mass is 436 g/mol. The van der Waals surface area contributed by atoms with Gasteiger partial charge in [-0.2, -0.15) is 0 Å². The number of carbonyl (C=O) groups is 1. The summed E-state index contributed by atoms with van der Waals surface area (Å²) < 4.78 is 14.1. The number of nitrogens with zero attached hydrogens (tertiary/aromatic N) is 5. The van der Waals surface area contributed by atoms with E-state index in [1.165, 1.54) is 18.6 Å². The minimum absolute atomic E-state index is 0.235. The number of aromatic nitrogens is 5. The van der Waals surface area contributed by atoms with Gasteiger partial charge in [-0.3, -0.25) is 14.8 Å². The van der Waals surface area contributed by atoms with Crippen molar-refractivity contribution in [3.63, 3.8) is 0 Å². The molecule has 0 saturated heterocycles. The van der Waals surface area contributed by atoms with E-state index in [1.54, 1.807) is 44.7 Å². The molecule has 0 aliphatic carbocycles. The number of aliphatic imine (C=N–C) groups is 1. The van der Waals surface area contributed by atoms with E-state index < -0.39 is 11.4 Å². The Morgan fingerprint density at radius 1 is 1.22 bits per heavy atom. The fraction of sp³-hybridized carbons (Fsp3) is 0.273. The van der Waals surface area contributed by atoms with Crippen molar-refractivity contribution in [2.24, 2.45) is 4.99 Å². The van der Waals surface area contributed by atoms with Crippen molar-refractivity contribution in [1.82, 2.24) is 30.2 Å². The fourth-order valence-electron chi connectivity index (χ4n) is 2.79. The normalized spacial score (nSPS) is 12.5. The summed E-state index contributed by atoms with van der Waals surface area (Å²) in [5.74, 6) is -0.279. The zero-order chi connectivity index (χ0) is 23.1. The summed E-state index contributed by atoms with van der Waals surface area (Å²) in [7, 11) is 0. The molecule has 0 fully saturated rings. The van der Waals surface area contributed by atoms with Crippen molar-refractivity contribution in [3.05, 3.63) is 77.8 Å². The first-order chi connectivity index (χ1) is 15.3. The number of anilines is 1. The summed E-state index contributed by atoms with van der Waals surface area (Å²) in [5, 5.41) is 5.89. The second-order valence-electron chi connectivity index (χ2n) is 7.72. The Bertz CT molecular complexity index is 1120. The Hall–Kier alpha value is -3.95. The number of halogens is 1. The molecule has 32 heavy (non-hydrogen) atoms. The number of hydrogen-bond acceptors (Lipinski definition) is 7.